The van der Waals surface area contributed by atoms with Gasteiger partial charge in [-0.3, -0.25) is 4.68 Å². The smallest absolute Gasteiger partial charge is 0.119 e. The Morgan fingerprint density at radius 3 is 2.76 bits per heavy atom. The highest BCUT2D eigenvalue weighted by molar-refractivity contribution is 6.31. The fourth-order valence-electron chi connectivity index (χ4n) is 2.42. The minimum Gasteiger partial charge on any atom is -0.497 e. The Hall–Kier alpha value is -1.52. The third kappa shape index (κ3) is 3.22. The SMILES string of the molecule is CCn1nc(C)c(Cl)c1CC(C)(O)c1cccc(OC)c1. The molecule has 1 N–H and O–H groups in total. The van der Waals surface area contributed by atoms with Gasteiger partial charge in [0.1, 0.15) is 5.75 Å². The van der Waals surface area contributed by atoms with Crippen LogP contribution in [0.15, 0.2) is 24.3 Å². The predicted octanol–water partition coefficient (Wildman–Crippen LogP) is 3.32. The lowest BCUT2D eigenvalue weighted by Gasteiger charge is -2.25. The fraction of sp³-hybridized carbons (Fsp3) is 0.438. The summed E-state index contributed by atoms with van der Waals surface area (Å²) in [7, 11) is 1.61. The summed E-state index contributed by atoms with van der Waals surface area (Å²) in [5.41, 5.74) is 1.39. The van der Waals surface area contributed by atoms with Gasteiger partial charge in [-0.25, -0.2) is 0 Å². The molecule has 4 nitrogen and oxygen atoms in total. The molecular weight excluding hydrogens is 288 g/mol. The van der Waals surface area contributed by atoms with Crippen LogP contribution in [0, 0.1) is 6.92 Å². The number of hydrogen-bond donors (Lipinski definition) is 1. The van der Waals surface area contributed by atoms with Crippen LogP contribution in [-0.4, -0.2) is 22.0 Å². The zero-order valence-electron chi connectivity index (χ0n) is 12.9. The van der Waals surface area contributed by atoms with E-state index in [0.29, 0.717) is 11.4 Å². The third-order valence-electron chi connectivity index (χ3n) is 3.66. The Labute approximate surface area is 130 Å². The quantitative estimate of drug-likeness (QED) is 0.921. The summed E-state index contributed by atoms with van der Waals surface area (Å²) in [4.78, 5) is 0. The van der Waals surface area contributed by atoms with Gasteiger partial charge in [0, 0.05) is 13.0 Å². The summed E-state index contributed by atoms with van der Waals surface area (Å²) >= 11 is 6.33. The van der Waals surface area contributed by atoms with E-state index in [4.69, 9.17) is 16.3 Å². The number of hydrogen-bond acceptors (Lipinski definition) is 3. The van der Waals surface area contributed by atoms with Crippen molar-refractivity contribution in [3.63, 3.8) is 0 Å². The van der Waals surface area contributed by atoms with E-state index in [1.807, 2.05) is 42.8 Å². The molecule has 2 rings (SSSR count). The molecule has 114 valence electrons. The van der Waals surface area contributed by atoms with Crippen LogP contribution in [0.2, 0.25) is 5.02 Å². The molecule has 2 aromatic rings. The molecule has 0 radical (unpaired) electrons. The maximum Gasteiger partial charge on any atom is 0.119 e. The molecule has 0 aliphatic rings. The highest BCUT2D eigenvalue weighted by Crippen LogP contribution is 2.31. The van der Waals surface area contributed by atoms with E-state index in [-0.39, 0.29) is 0 Å². The summed E-state index contributed by atoms with van der Waals surface area (Å²) < 4.78 is 7.06. The molecule has 1 heterocycles. The van der Waals surface area contributed by atoms with Crippen LogP contribution in [0.4, 0.5) is 0 Å². The van der Waals surface area contributed by atoms with Crippen molar-refractivity contribution >= 4 is 11.6 Å². The summed E-state index contributed by atoms with van der Waals surface area (Å²) in [6.45, 7) is 6.38. The first-order chi connectivity index (χ1) is 9.89. The second kappa shape index (κ2) is 6.08. The van der Waals surface area contributed by atoms with E-state index < -0.39 is 5.60 Å². The summed E-state index contributed by atoms with van der Waals surface area (Å²) in [5.74, 6) is 0.721. The molecular formula is C16H21ClN2O2. The second-order valence-corrected chi connectivity index (χ2v) is 5.72. The Balaban J connectivity index is 2.36. The van der Waals surface area contributed by atoms with Crippen LogP contribution in [0.1, 0.15) is 30.8 Å². The average Bonchev–Trinajstić information content (AvgIpc) is 2.74. The number of aliphatic hydroxyl groups is 1. The molecule has 5 heteroatoms. The van der Waals surface area contributed by atoms with Gasteiger partial charge in [0.05, 0.1) is 29.1 Å². The maximum atomic E-state index is 10.9. The zero-order valence-corrected chi connectivity index (χ0v) is 13.6. The Bertz CT molecular complexity index is 635. The number of halogens is 1. The van der Waals surface area contributed by atoms with Gasteiger partial charge in [0.25, 0.3) is 0 Å². The Kier molecular flexibility index (Phi) is 4.59. The summed E-state index contributed by atoms with van der Waals surface area (Å²) in [6.07, 6.45) is 0.397. The predicted molar refractivity (Wildman–Crippen MR) is 83.9 cm³/mol. The lowest BCUT2D eigenvalue weighted by atomic mass is 9.91. The van der Waals surface area contributed by atoms with Gasteiger partial charge in [-0.1, -0.05) is 23.7 Å². The van der Waals surface area contributed by atoms with Crippen molar-refractivity contribution in [2.24, 2.45) is 0 Å². The van der Waals surface area contributed by atoms with Crippen molar-refractivity contribution < 1.29 is 9.84 Å². The van der Waals surface area contributed by atoms with E-state index in [1.165, 1.54) is 0 Å². The Morgan fingerprint density at radius 2 is 2.14 bits per heavy atom. The van der Waals surface area contributed by atoms with E-state index in [1.54, 1.807) is 14.0 Å². The van der Waals surface area contributed by atoms with Gasteiger partial charge in [-0.15, -0.1) is 0 Å². The number of rotatable bonds is 5. The summed E-state index contributed by atoms with van der Waals surface area (Å²) in [5, 5.41) is 15.9. The van der Waals surface area contributed by atoms with Crippen molar-refractivity contribution in [3.05, 3.63) is 46.2 Å². The normalized spacial score (nSPS) is 14.0. The average molecular weight is 309 g/mol. The van der Waals surface area contributed by atoms with Crippen LogP contribution in [0.5, 0.6) is 5.75 Å². The molecule has 21 heavy (non-hydrogen) atoms. The molecule has 0 spiro atoms. The van der Waals surface area contributed by atoms with E-state index in [9.17, 15) is 5.11 Å². The first-order valence-corrected chi connectivity index (χ1v) is 7.35. The zero-order chi connectivity index (χ0) is 15.6. The van der Waals surface area contributed by atoms with E-state index in [2.05, 4.69) is 5.10 Å². The first-order valence-electron chi connectivity index (χ1n) is 6.97. The van der Waals surface area contributed by atoms with Gasteiger partial charge in [-0.2, -0.15) is 5.10 Å². The minimum absolute atomic E-state index is 0.397. The van der Waals surface area contributed by atoms with Crippen LogP contribution >= 0.6 is 11.6 Å². The minimum atomic E-state index is -1.04. The largest absolute Gasteiger partial charge is 0.497 e. The fourth-order valence-corrected chi connectivity index (χ4v) is 2.63. The molecule has 0 amide bonds. The first kappa shape index (κ1) is 15.9. The van der Waals surface area contributed by atoms with Crippen molar-refractivity contribution in [1.29, 1.82) is 0 Å². The standard InChI is InChI=1S/C16H21ClN2O2/c1-5-19-14(15(17)11(2)18-19)10-16(3,20)12-7-6-8-13(9-12)21-4/h6-9,20H,5,10H2,1-4H3. The highest BCUT2D eigenvalue weighted by atomic mass is 35.5. The number of methoxy groups -OCH3 is 1. The van der Waals surface area contributed by atoms with Gasteiger partial charge < -0.3 is 9.84 Å². The molecule has 0 fully saturated rings. The number of aryl methyl sites for hydroxylation is 2. The topological polar surface area (TPSA) is 47.3 Å². The number of aromatic nitrogens is 2. The van der Waals surface area contributed by atoms with Crippen LogP contribution in [0.25, 0.3) is 0 Å². The van der Waals surface area contributed by atoms with Crippen molar-refractivity contribution in [3.8, 4) is 5.75 Å². The van der Waals surface area contributed by atoms with E-state index in [0.717, 1.165) is 29.2 Å². The molecule has 0 bridgehead atoms. The molecule has 0 saturated heterocycles. The van der Waals surface area contributed by atoms with Crippen molar-refractivity contribution in [2.75, 3.05) is 7.11 Å². The lowest BCUT2D eigenvalue weighted by molar-refractivity contribution is 0.0552. The monoisotopic (exact) mass is 308 g/mol. The molecule has 1 atom stereocenters. The van der Waals surface area contributed by atoms with Gasteiger partial charge in [-0.05, 0) is 38.5 Å². The van der Waals surface area contributed by atoms with Crippen molar-refractivity contribution in [1.82, 2.24) is 9.78 Å². The molecule has 0 aliphatic carbocycles. The number of ether oxygens (including phenoxy) is 1. The van der Waals surface area contributed by atoms with Crippen LogP contribution in [-0.2, 0) is 18.6 Å². The van der Waals surface area contributed by atoms with E-state index >= 15 is 0 Å². The molecule has 1 unspecified atom stereocenters. The highest BCUT2D eigenvalue weighted by Gasteiger charge is 2.28. The van der Waals surface area contributed by atoms with Crippen LogP contribution < -0.4 is 4.74 Å². The third-order valence-corrected chi connectivity index (χ3v) is 4.15. The Morgan fingerprint density at radius 1 is 1.43 bits per heavy atom. The molecule has 0 saturated carbocycles. The molecule has 1 aromatic carbocycles. The lowest BCUT2D eigenvalue weighted by Crippen LogP contribution is -2.26. The van der Waals surface area contributed by atoms with Gasteiger partial charge >= 0.3 is 0 Å². The number of nitrogens with zero attached hydrogens (tertiary/aromatic N) is 2. The van der Waals surface area contributed by atoms with Gasteiger partial charge in [0.2, 0.25) is 0 Å². The maximum absolute atomic E-state index is 10.9. The molecule has 1 aromatic heterocycles. The van der Waals surface area contributed by atoms with Gasteiger partial charge in [0.15, 0.2) is 0 Å². The second-order valence-electron chi connectivity index (χ2n) is 5.34. The summed E-state index contributed by atoms with van der Waals surface area (Å²) in [6, 6.07) is 7.45. The number of benzene rings is 1. The van der Waals surface area contributed by atoms with Crippen LogP contribution in [0.3, 0.4) is 0 Å². The molecule has 0 aliphatic heterocycles. The van der Waals surface area contributed by atoms with Crippen molar-refractivity contribution in [2.45, 2.75) is 39.3 Å².